The third kappa shape index (κ3) is 6.64. The normalized spacial score (nSPS) is 9.05. The van der Waals surface area contributed by atoms with Crippen LogP contribution in [0.25, 0.3) is 0 Å². The van der Waals surface area contributed by atoms with Crippen molar-refractivity contribution in [1.82, 2.24) is 0 Å². The zero-order chi connectivity index (χ0) is 14.1. The zero-order valence-electron chi connectivity index (χ0n) is 10.1. The van der Waals surface area contributed by atoms with E-state index in [1.165, 1.54) is 0 Å². The van der Waals surface area contributed by atoms with Crippen LogP contribution in [0, 0.1) is 0 Å². The van der Waals surface area contributed by atoms with Gasteiger partial charge in [0.2, 0.25) is 0 Å². The minimum absolute atomic E-state index is 0.442. The molecule has 0 aromatic heterocycles. The van der Waals surface area contributed by atoms with E-state index in [-0.39, 0.29) is 0 Å². The molecular weight excluding hydrogens is 246 g/mol. The quantitative estimate of drug-likeness (QED) is 0.553. The lowest BCUT2D eigenvalue weighted by molar-refractivity contribution is 0.288. The van der Waals surface area contributed by atoms with E-state index in [2.05, 4.69) is 4.65 Å². The Morgan fingerprint density at radius 3 is 1.53 bits per heavy atom. The first kappa shape index (κ1) is 15.3. The average Bonchev–Trinajstić information content (AvgIpc) is 2.41. The largest absolute Gasteiger partial charge is 0.707 e. The fraction of sp³-hybridized carbons (Fsp3) is 0. The van der Waals surface area contributed by atoms with Gasteiger partial charge >= 0.3 is 14.4 Å². The molecule has 0 unspecified atom stereocenters. The van der Waals surface area contributed by atoms with Gasteiger partial charge in [0, 0.05) is 0 Å². The van der Waals surface area contributed by atoms with Crippen LogP contribution >= 0.6 is 0 Å². The maximum absolute atomic E-state index is 8.58. The van der Waals surface area contributed by atoms with Crippen LogP contribution in [0.2, 0.25) is 0 Å². The van der Waals surface area contributed by atoms with Crippen molar-refractivity contribution >= 4 is 19.9 Å². The van der Waals surface area contributed by atoms with Crippen molar-refractivity contribution in [3.63, 3.8) is 0 Å². The molecule has 0 fully saturated rings. The fourth-order valence-electron chi connectivity index (χ4n) is 1.25. The Balaban J connectivity index is 0.000000191. The third-order valence-corrected chi connectivity index (χ3v) is 2.08. The van der Waals surface area contributed by atoms with E-state index < -0.39 is 14.4 Å². The smallest absolute Gasteiger partial charge is 0.512 e. The molecule has 0 atom stereocenters. The average molecular weight is 260 g/mol. The molecule has 0 aliphatic rings. The summed E-state index contributed by atoms with van der Waals surface area (Å²) in [6.07, 6.45) is 0. The molecule has 0 heterocycles. The summed E-state index contributed by atoms with van der Waals surface area (Å²) in [4.78, 5) is 0. The van der Waals surface area contributed by atoms with Crippen LogP contribution < -0.4 is 10.1 Å². The summed E-state index contributed by atoms with van der Waals surface area (Å²) in [7, 11) is -3.08. The van der Waals surface area contributed by atoms with Gasteiger partial charge in [0.1, 0.15) is 5.75 Å². The molecule has 0 saturated carbocycles. The van der Waals surface area contributed by atoms with Crippen molar-refractivity contribution in [1.29, 1.82) is 0 Å². The molecule has 0 spiro atoms. The molecular formula is C12H14B2O5. The molecule has 2 aromatic rings. The minimum Gasteiger partial charge on any atom is -0.512 e. The van der Waals surface area contributed by atoms with Crippen molar-refractivity contribution in [2.24, 2.45) is 0 Å². The first-order valence-corrected chi connectivity index (χ1v) is 5.58. The number of hydrogen-bond donors (Lipinski definition) is 4. The van der Waals surface area contributed by atoms with Gasteiger partial charge in [0.05, 0.1) is 0 Å². The molecule has 0 aliphatic heterocycles. The molecule has 2 rings (SSSR count). The van der Waals surface area contributed by atoms with Gasteiger partial charge in [-0.2, -0.15) is 0 Å². The predicted molar refractivity (Wildman–Crippen MR) is 73.5 cm³/mol. The fourth-order valence-corrected chi connectivity index (χ4v) is 1.25. The Bertz CT molecular complexity index is 450. The van der Waals surface area contributed by atoms with Crippen molar-refractivity contribution in [3.8, 4) is 5.75 Å². The highest BCUT2D eigenvalue weighted by Crippen LogP contribution is 2.07. The first-order valence-electron chi connectivity index (χ1n) is 5.58. The van der Waals surface area contributed by atoms with E-state index in [1.807, 2.05) is 12.1 Å². The molecule has 19 heavy (non-hydrogen) atoms. The van der Waals surface area contributed by atoms with Gasteiger partial charge < -0.3 is 24.8 Å². The second-order valence-electron chi connectivity index (χ2n) is 3.54. The molecule has 0 saturated heterocycles. The number of para-hydroxylation sites is 1. The minimum atomic E-state index is -1.73. The molecule has 7 heteroatoms. The Hall–Kier alpha value is -1.79. The van der Waals surface area contributed by atoms with E-state index in [1.54, 1.807) is 48.5 Å². The van der Waals surface area contributed by atoms with Crippen LogP contribution in [0.4, 0.5) is 0 Å². The molecule has 0 bridgehead atoms. The van der Waals surface area contributed by atoms with Crippen molar-refractivity contribution in [2.45, 2.75) is 0 Å². The van der Waals surface area contributed by atoms with E-state index >= 15 is 0 Å². The van der Waals surface area contributed by atoms with Gasteiger partial charge in [0.15, 0.2) is 0 Å². The van der Waals surface area contributed by atoms with Gasteiger partial charge in [-0.3, -0.25) is 0 Å². The van der Waals surface area contributed by atoms with E-state index in [9.17, 15) is 0 Å². The van der Waals surface area contributed by atoms with Gasteiger partial charge in [-0.1, -0.05) is 48.5 Å². The molecule has 0 amide bonds. The number of hydrogen-bond acceptors (Lipinski definition) is 5. The Labute approximate surface area is 112 Å². The lowest BCUT2D eigenvalue weighted by Crippen LogP contribution is -2.29. The van der Waals surface area contributed by atoms with Crippen molar-refractivity contribution < 1.29 is 24.8 Å². The maximum Gasteiger partial charge on any atom is 0.707 e. The highest BCUT2D eigenvalue weighted by atomic mass is 16.6. The topological polar surface area (TPSA) is 90.2 Å². The Morgan fingerprint density at radius 1 is 0.684 bits per heavy atom. The Morgan fingerprint density at radius 2 is 1.16 bits per heavy atom. The van der Waals surface area contributed by atoms with E-state index in [0.717, 1.165) is 0 Å². The van der Waals surface area contributed by atoms with Gasteiger partial charge in [0.25, 0.3) is 0 Å². The lowest BCUT2D eigenvalue weighted by atomic mass is 9.81. The maximum atomic E-state index is 8.58. The summed E-state index contributed by atoms with van der Waals surface area (Å²) in [5, 5.41) is 33.8. The van der Waals surface area contributed by atoms with E-state index in [4.69, 9.17) is 20.1 Å². The van der Waals surface area contributed by atoms with E-state index in [0.29, 0.717) is 11.2 Å². The molecule has 5 nitrogen and oxygen atoms in total. The second kappa shape index (κ2) is 8.34. The second-order valence-corrected chi connectivity index (χ2v) is 3.54. The van der Waals surface area contributed by atoms with Crippen LogP contribution in [0.1, 0.15) is 0 Å². The molecule has 0 radical (unpaired) electrons. The first-order chi connectivity index (χ1) is 9.09. The lowest BCUT2D eigenvalue weighted by Gasteiger charge is -2.01. The van der Waals surface area contributed by atoms with Gasteiger partial charge in [-0.25, -0.2) is 0 Å². The SMILES string of the molecule is OB(O)Oc1ccccc1.OB(O)c1ccccc1. The highest BCUT2D eigenvalue weighted by molar-refractivity contribution is 6.58. The number of rotatable bonds is 3. The summed E-state index contributed by atoms with van der Waals surface area (Å²) in [5.74, 6) is 0.442. The van der Waals surface area contributed by atoms with Crippen LogP contribution in [-0.4, -0.2) is 34.5 Å². The van der Waals surface area contributed by atoms with Crippen molar-refractivity contribution in [2.75, 3.05) is 0 Å². The van der Waals surface area contributed by atoms with Crippen LogP contribution in [0.3, 0.4) is 0 Å². The summed E-state index contributed by atoms with van der Waals surface area (Å²) in [6.45, 7) is 0. The predicted octanol–water partition coefficient (Wildman–Crippen LogP) is -0.599. The van der Waals surface area contributed by atoms with Crippen LogP contribution in [0.15, 0.2) is 60.7 Å². The van der Waals surface area contributed by atoms with Crippen molar-refractivity contribution in [3.05, 3.63) is 60.7 Å². The summed E-state index contributed by atoms with van der Waals surface area (Å²) >= 11 is 0. The molecule has 0 aliphatic carbocycles. The standard InChI is InChI=1S/C6H7BO3.C6H7BO2/c8-7(9)10-6-4-2-1-3-5-6;8-7(9)6-4-2-1-3-5-6/h1-5,8-9H;1-5,8-9H. The summed E-state index contributed by atoms with van der Waals surface area (Å²) in [5.41, 5.74) is 0.525. The third-order valence-electron chi connectivity index (χ3n) is 2.08. The monoisotopic (exact) mass is 260 g/mol. The molecule has 98 valence electrons. The highest BCUT2D eigenvalue weighted by Gasteiger charge is 2.09. The summed E-state index contributed by atoms with van der Waals surface area (Å²) in [6, 6.07) is 17.2. The molecule has 4 N–H and O–H groups in total. The van der Waals surface area contributed by atoms with Crippen LogP contribution in [0.5, 0.6) is 5.75 Å². The molecule has 2 aromatic carbocycles. The zero-order valence-corrected chi connectivity index (χ0v) is 10.1. The van der Waals surface area contributed by atoms with Gasteiger partial charge in [-0.05, 0) is 17.6 Å². The Kier molecular flexibility index (Phi) is 6.70. The van der Waals surface area contributed by atoms with Gasteiger partial charge in [-0.15, -0.1) is 0 Å². The van der Waals surface area contributed by atoms with Crippen LogP contribution in [-0.2, 0) is 0 Å². The number of benzene rings is 2. The summed E-state index contributed by atoms with van der Waals surface area (Å²) < 4.78 is 4.53.